The lowest BCUT2D eigenvalue weighted by atomic mass is 10.1. The quantitative estimate of drug-likeness (QED) is 0.411. The summed E-state index contributed by atoms with van der Waals surface area (Å²) in [6, 6.07) is 24.7. The summed E-state index contributed by atoms with van der Waals surface area (Å²) in [5, 5.41) is 9.31. The Morgan fingerprint density at radius 3 is 2.31 bits per heavy atom. The maximum atomic E-state index is 13.4. The first-order valence-corrected chi connectivity index (χ1v) is 12.8. The first kappa shape index (κ1) is 23.5. The Labute approximate surface area is 209 Å². The van der Waals surface area contributed by atoms with Crippen molar-refractivity contribution in [1.29, 1.82) is 5.26 Å². The van der Waals surface area contributed by atoms with E-state index >= 15 is 0 Å². The van der Waals surface area contributed by atoms with Gasteiger partial charge in [-0.1, -0.05) is 54.6 Å². The molecule has 0 spiro atoms. The minimum atomic E-state index is -3.85. The van der Waals surface area contributed by atoms with Gasteiger partial charge in [-0.2, -0.15) is 9.57 Å². The average molecular weight is 499 g/mol. The number of oxazole rings is 1. The molecule has 180 valence electrons. The normalized spacial score (nSPS) is 14.4. The highest BCUT2D eigenvalue weighted by Crippen LogP contribution is 2.29. The topological polar surface area (TPSA) is 108 Å². The molecule has 1 aliphatic heterocycles. The Bertz CT molecular complexity index is 1550. The van der Waals surface area contributed by atoms with Gasteiger partial charge in [0, 0.05) is 37.3 Å². The number of hydrogen-bond donors (Lipinski definition) is 0. The highest BCUT2D eigenvalue weighted by atomic mass is 32.2. The fourth-order valence-electron chi connectivity index (χ4n) is 4.22. The zero-order valence-corrected chi connectivity index (χ0v) is 20.1. The predicted octanol–water partition coefficient (Wildman–Crippen LogP) is 4.03. The average Bonchev–Trinajstić information content (AvgIpc) is 3.43. The fraction of sp³-hybridized carbons (Fsp3) is 0.148. The third-order valence-electron chi connectivity index (χ3n) is 6.10. The van der Waals surface area contributed by atoms with Gasteiger partial charge in [0.25, 0.3) is 5.91 Å². The van der Waals surface area contributed by atoms with Crippen LogP contribution in [0.3, 0.4) is 0 Å². The van der Waals surface area contributed by atoms with Crippen LogP contribution in [0.15, 0.2) is 94.4 Å². The van der Waals surface area contributed by atoms with E-state index in [-0.39, 0.29) is 42.5 Å². The predicted molar refractivity (Wildman–Crippen MR) is 133 cm³/mol. The Hall–Kier alpha value is -4.26. The number of rotatable bonds is 5. The molecule has 0 bridgehead atoms. The van der Waals surface area contributed by atoms with Crippen LogP contribution in [-0.4, -0.2) is 54.7 Å². The van der Waals surface area contributed by atoms with Crippen molar-refractivity contribution < 1.29 is 17.6 Å². The third-order valence-corrected chi connectivity index (χ3v) is 8.06. The molecule has 0 saturated carbocycles. The summed E-state index contributed by atoms with van der Waals surface area (Å²) in [6.07, 6.45) is 1.63. The number of aromatic nitrogens is 1. The minimum absolute atomic E-state index is 0.0178. The first-order valence-electron chi connectivity index (χ1n) is 11.4. The molecule has 8 nitrogen and oxygen atoms in total. The number of sulfonamides is 1. The highest BCUT2D eigenvalue weighted by Gasteiger charge is 2.32. The number of nitriles is 1. The Kier molecular flexibility index (Phi) is 6.38. The van der Waals surface area contributed by atoms with Gasteiger partial charge in [-0.25, -0.2) is 13.4 Å². The van der Waals surface area contributed by atoms with Crippen molar-refractivity contribution in [2.24, 2.45) is 0 Å². The van der Waals surface area contributed by atoms with Gasteiger partial charge in [0.2, 0.25) is 15.9 Å². The molecular weight excluding hydrogens is 476 g/mol. The summed E-state index contributed by atoms with van der Waals surface area (Å²) >= 11 is 0. The van der Waals surface area contributed by atoms with Crippen molar-refractivity contribution in [1.82, 2.24) is 14.2 Å². The molecule has 1 aliphatic rings. The summed E-state index contributed by atoms with van der Waals surface area (Å²) < 4.78 is 33.5. The number of piperazine rings is 1. The smallest absolute Gasteiger partial charge is 0.254 e. The van der Waals surface area contributed by atoms with Crippen molar-refractivity contribution in [3.05, 3.63) is 96.2 Å². The summed E-state index contributed by atoms with van der Waals surface area (Å²) in [7, 11) is -3.85. The van der Waals surface area contributed by atoms with Crippen LogP contribution in [0, 0.1) is 11.3 Å². The van der Waals surface area contributed by atoms with Crippen molar-refractivity contribution in [2.45, 2.75) is 4.90 Å². The van der Waals surface area contributed by atoms with Crippen LogP contribution in [0.2, 0.25) is 0 Å². The van der Waals surface area contributed by atoms with Crippen LogP contribution in [0.4, 0.5) is 0 Å². The summed E-state index contributed by atoms with van der Waals surface area (Å²) in [5.74, 6) is 0.719. The molecule has 3 aromatic carbocycles. The van der Waals surface area contributed by atoms with Gasteiger partial charge in [0.15, 0.2) is 5.76 Å². The van der Waals surface area contributed by atoms with Crippen LogP contribution in [0.25, 0.3) is 22.8 Å². The number of hydrogen-bond acceptors (Lipinski definition) is 6. The third kappa shape index (κ3) is 4.40. The molecule has 5 rings (SSSR count). The van der Waals surface area contributed by atoms with E-state index in [1.54, 1.807) is 41.4 Å². The van der Waals surface area contributed by atoms with Gasteiger partial charge in [-0.15, -0.1) is 0 Å². The van der Waals surface area contributed by atoms with E-state index in [1.165, 1.54) is 16.4 Å². The number of amides is 1. The van der Waals surface area contributed by atoms with E-state index < -0.39 is 10.0 Å². The molecule has 2 heterocycles. The number of carbonyl (C=O) groups is 1. The Morgan fingerprint density at radius 1 is 0.889 bits per heavy atom. The molecule has 1 saturated heterocycles. The zero-order chi connectivity index (χ0) is 25.1. The molecule has 1 amide bonds. The molecule has 0 atom stereocenters. The van der Waals surface area contributed by atoms with E-state index in [0.717, 1.165) is 5.56 Å². The summed E-state index contributed by atoms with van der Waals surface area (Å²) in [4.78, 5) is 19.4. The van der Waals surface area contributed by atoms with E-state index in [0.29, 0.717) is 22.8 Å². The van der Waals surface area contributed by atoms with Crippen LogP contribution < -0.4 is 0 Å². The van der Waals surface area contributed by atoms with E-state index in [9.17, 15) is 18.5 Å². The van der Waals surface area contributed by atoms with Gasteiger partial charge < -0.3 is 9.32 Å². The fourth-order valence-corrected chi connectivity index (χ4v) is 5.78. The van der Waals surface area contributed by atoms with E-state index in [4.69, 9.17) is 4.42 Å². The second-order valence-electron chi connectivity index (χ2n) is 8.25. The molecule has 1 fully saturated rings. The first-order chi connectivity index (χ1) is 17.5. The summed E-state index contributed by atoms with van der Waals surface area (Å²) in [5.41, 5.74) is 1.99. The molecule has 36 heavy (non-hydrogen) atoms. The van der Waals surface area contributed by atoms with Crippen molar-refractivity contribution >= 4 is 15.9 Å². The lowest BCUT2D eigenvalue weighted by molar-refractivity contribution is 0.0698. The molecule has 1 aromatic heterocycles. The number of nitrogens with zero attached hydrogens (tertiary/aromatic N) is 4. The van der Waals surface area contributed by atoms with Gasteiger partial charge in [0.05, 0.1) is 22.2 Å². The molecule has 4 aromatic rings. The van der Waals surface area contributed by atoms with Gasteiger partial charge >= 0.3 is 0 Å². The molecule has 0 N–H and O–H groups in total. The molecular formula is C27H22N4O4S. The molecule has 0 radical (unpaired) electrons. The van der Waals surface area contributed by atoms with E-state index in [1.807, 2.05) is 42.5 Å². The largest absolute Gasteiger partial charge is 0.436 e. The van der Waals surface area contributed by atoms with E-state index in [2.05, 4.69) is 4.98 Å². The van der Waals surface area contributed by atoms with Gasteiger partial charge in [-0.05, 0) is 24.3 Å². The Morgan fingerprint density at radius 2 is 1.56 bits per heavy atom. The van der Waals surface area contributed by atoms with Crippen molar-refractivity contribution in [3.8, 4) is 28.8 Å². The maximum absolute atomic E-state index is 13.4. The van der Waals surface area contributed by atoms with Crippen LogP contribution in [0.1, 0.15) is 15.9 Å². The van der Waals surface area contributed by atoms with Crippen LogP contribution in [0.5, 0.6) is 0 Å². The van der Waals surface area contributed by atoms with Gasteiger partial charge in [0.1, 0.15) is 6.07 Å². The SMILES string of the molecule is N#Cc1ccccc1S(=O)(=O)N1CCN(C(=O)c2ccccc2-c2ncc(-c3ccccc3)o2)CC1. The Balaban J connectivity index is 1.34. The van der Waals surface area contributed by atoms with Crippen LogP contribution in [-0.2, 0) is 10.0 Å². The second kappa shape index (κ2) is 9.77. The lowest BCUT2D eigenvalue weighted by Gasteiger charge is -2.34. The zero-order valence-electron chi connectivity index (χ0n) is 19.2. The highest BCUT2D eigenvalue weighted by molar-refractivity contribution is 7.89. The van der Waals surface area contributed by atoms with Crippen LogP contribution >= 0.6 is 0 Å². The molecule has 0 aliphatic carbocycles. The number of carbonyl (C=O) groups excluding carboxylic acids is 1. The molecule has 9 heteroatoms. The standard InChI is InChI=1S/C27H22N4O4S/c28-18-21-10-4-7-13-25(21)36(33,34)31-16-14-30(15-17-31)27(32)23-12-6-5-11-22(23)26-29-19-24(35-26)20-8-2-1-3-9-20/h1-13,19H,14-17H2. The van der Waals surface area contributed by atoms with Gasteiger partial charge in [-0.3, -0.25) is 4.79 Å². The lowest BCUT2D eigenvalue weighted by Crippen LogP contribution is -2.50. The minimum Gasteiger partial charge on any atom is -0.436 e. The second-order valence-corrected chi connectivity index (χ2v) is 10.2. The number of benzene rings is 3. The van der Waals surface area contributed by atoms with Crippen molar-refractivity contribution in [3.63, 3.8) is 0 Å². The van der Waals surface area contributed by atoms with Crippen molar-refractivity contribution in [2.75, 3.05) is 26.2 Å². The molecule has 0 unspecified atom stereocenters. The maximum Gasteiger partial charge on any atom is 0.254 e. The summed E-state index contributed by atoms with van der Waals surface area (Å²) in [6.45, 7) is 0.713. The monoisotopic (exact) mass is 498 g/mol.